The monoisotopic (exact) mass is 347 g/mol. The first kappa shape index (κ1) is 15.4. The van der Waals surface area contributed by atoms with Crippen LogP contribution in [0.15, 0.2) is 59.7 Å². The first-order valence-corrected chi connectivity index (χ1v) is 7.42. The van der Waals surface area contributed by atoms with Crippen molar-refractivity contribution < 1.29 is 4.79 Å². The topological polar surface area (TPSA) is 37.3 Å². The summed E-state index contributed by atoms with van der Waals surface area (Å²) in [6.07, 6.45) is 3.69. The summed E-state index contributed by atoms with van der Waals surface area (Å²) in [6.45, 7) is 4.75. The number of nitrogens with one attached hydrogen (secondary N) is 1. The van der Waals surface area contributed by atoms with E-state index in [2.05, 4.69) is 27.8 Å². The molecule has 1 aromatic heterocycles. The van der Waals surface area contributed by atoms with E-state index in [1.807, 2.05) is 54.2 Å². The molecule has 21 heavy (non-hydrogen) atoms. The van der Waals surface area contributed by atoms with Crippen molar-refractivity contribution in [3.05, 3.63) is 65.4 Å². The minimum atomic E-state index is -0.144. The number of rotatable bonds is 5. The van der Waals surface area contributed by atoms with Gasteiger partial charge in [-0.25, -0.2) is 4.79 Å². The van der Waals surface area contributed by atoms with Gasteiger partial charge >= 0.3 is 6.03 Å². The molecule has 0 saturated heterocycles. The number of carbonyl (C=O) groups excluding carboxylic acids is 1. The standard InChI is InChI=1S/C16H18BrN3O/c1-3-9-20(12-15-8-5-10-19(15)2)16(21)18-14-7-4-6-13(17)11-14/h3-8,10-11H,1,9,12H2,2H3,(H,18,21). The Bertz CT molecular complexity index is 636. The van der Waals surface area contributed by atoms with Gasteiger partial charge in [0.05, 0.1) is 6.54 Å². The van der Waals surface area contributed by atoms with Crippen molar-refractivity contribution in [2.75, 3.05) is 11.9 Å². The summed E-state index contributed by atoms with van der Waals surface area (Å²) in [5, 5.41) is 2.90. The van der Waals surface area contributed by atoms with Crippen molar-refractivity contribution in [3.63, 3.8) is 0 Å². The molecular formula is C16H18BrN3O. The molecule has 0 unspecified atom stereocenters. The Hall–Kier alpha value is -2.01. The summed E-state index contributed by atoms with van der Waals surface area (Å²) < 4.78 is 2.93. The molecule has 0 fully saturated rings. The summed E-state index contributed by atoms with van der Waals surface area (Å²) in [4.78, 5) is 14.1. The molecule has 1 aromatic carbocycles. The molecule has 2 amide bonds. The van der Waals surface area contributed by atoms with E-state index in [1.54, 1.807) is 11.0 Å². The van der Waals surface area contributed by atoms with Gasteiger partial charge < -0.3 is 14.8 Å². The number of benzene rings is 1. The Morgan fingerprint density at radius 1 is 1.43 bits per heavy atom. The van der Waals surface area contributed by atoms with Crippen LogP contribution < -0.4 is 5.32 Å². The van der Waals surface area contributed by atoms with Crippen LogP contribution in [0.1, 0.15) is 5.69 Å². The van der Waals surface area contributed by atoms with E-state index >= 15 is 0 Å². The molecule has 0 radical (unpaired) electrons. The van der Waals surface area contributed by atoms with E-state index in [4.69, 9.17) is 0 Å². The normalized spacial score (nSPS) is 10.2. The Morgan fingerprint density at radius 3 is 2.86 bits per heavy atom. The zero-order valence-corrected chi connectivity index (χ0v) is 13.5. The average molecular weight is 348 g/mol. The van der Waals surface area contributed by atoms with E-state index < -0.39 is 0 Å². The van der Waals surface area contributed by atoms with Crippen LogP contribution in [0.4, 0.5) is 10.5 Å². The van der Waals surface area contributed by atoms with Crippen molar-refractivity contribution in [2.45, 2.75) is 6.54 Å². The Kier molecular flexibility index (Phi) is 5.22. The molecule has 2 aromatic rings. The number of anilines is 1. The van der Waals surface area contributed by atoms with Crippen LogP contribution in [-0.2, 0) is 13.6 Å². The van der Waals surface area contributed by atoms with Crippen molar-refractivity contribution in [2.24, 2.45) is 7.05 Å². The van der Waals surface area contributed by atoms with Crippen molar-refractivity contribution in [1.82, 2.24) is 9.47 Å². The van der Waals surface area contributed by atoms with Crippen LogP contribution in [0.25, 0.3) is 0 Å². The van der Waals surface area contributed by atoms with Crippen LogP contribution in [0.3, 0.4) is 0 Å². The number of carbonyl (C=O) groups is 1. The van der Waals surface area contributed by atoms with Gasteiger partial charge in [0.25, 0.3) is 0 Å². The second-order valence-electron chi connectivity index (χ2n) is 4.72. The van der Waals surface area contributed by atoms with E-state index in [1.165, 1.54) is 0 Å². The van der Waals surface area contributed by atoms with E-state index in [0.717, 1.165) is 15.9 Å². The minimum Gasteiger partial charge on any atom is -0.353 e. The lowest BCUT2D eigenvalue weighted by Gasteiger charge is -2.22. The summed E-state index contributed by atoms with van der Waals surface area (Å²) in [5.74, 6) is 0. The van der Waals surface area contributed by atoms with Crippen molar-refractivity contribution >= 4 is 27.6 Å². The maximum atomic E-state index is 12.4. The number of aromatic nitrogens is 1. The predicted octanol–water partition coefficient (Wildman–Crippen LogP) is 4.01. The van der Waals surface area contributed by atoms with Gasteiger partial charge in [0.15, 0.2) is 0 Å². The largest absolute Gasteiger partial charge is 0.353 e. The van der Waals surface area contributed by atoms with Gasteiger partial charge in [-0.15, -0.1) is 6.58 Å². The highest BCUT2D eigenvalue weighted by Gasteiger charge is 2.14. The van der Waals surface area contributed by atoms with Crippen LogP contribution in [0, 0.1) is 0 Å². The van der Waals surface area contributed by atoms with Crippen LogP contribution >= 0.6 is 15.9 Å². The predicted molar refractivity (Wildman–Crippen MR) is 89.2 cm³/mol. The number of urea groups is 1. The summed E-state index contributed by atoms with van der Waals surface area (Å²) >= 11 is 3.39. The third kappa shape index (κ3) is 4.23. The van der Waals surface area contributed by atoms with E-state index in [-0.39, 0.29) is 6.03 Å². The Balaban J connectivity index is 2.08. The molecule has 0 aliphatic carbocycles. The average Bonchev–Trinajstić information content (AvgIpc) is 2.84. The lowest BCUT2D eigenvalue weighted by Crippen LogP contribution is -2.35. The number of nitrogens with zero attached hydrogens (tertiary/aromatic N) is 2. The fourth-order valence-corrected chi connectivity index (χ4v) is 2.40. The molecular weight excluding hydrogens is 330 g/mol. The van der Waals surface area contributed by atoms with E-state index in [0.29, 0.717) is 13.1 Å². The SMILES string of the molecule is C=CCN(Cc1cccn1C)C(=O)Nc1cccc(Br)c1. The smallest absolute Gasteiger partial charge is 0.322 e. The Labute approximate surface area is 133 Å². The molecule has 110 valence electrons. The molecule has 1 heterocycles. The van der Waals surface area contributed by atoms with Gasteiger partial charge in [0, 0.05) is 35.6 Å². The third-order valence-corrected chi connectivity index (χ3v) is 3.61. The molecule has 0 aliphatic rings. The fraction of sp³-hybridized carbons (Fsp3) is 0.188. The van der Waals surface area contributed by atoms with Crippen LogP contribution in [0.5, 0.6) is 0 Å². The van der Waals surface area contributed by atoms with Crippen molar-refractivity contribution in [3.8, 4) is 0 Å². The lowest BCUT2D eigenvalue weighted by atomic mass is 10.3. The molecule has 1 N–H and O–H groups in total. The highest BCUT2D eigenvalue weighted by molar-refractivity contribution is 9.10. The second-order valence-corrected chi connectivity index (χ2v) is 5.64. The highest BCUT2D eigenvalue weighted by atomic mass is 79.9. The Morgan fingerprint density at radius 2 is 2.24 bits per heavy atom. The quantitative estimate of drug-likeness (QED) is 0.815. The third-order valence-electron chi connectivity index (χ3n) is 3.12. The summed E-state index contributed by atoms with van der Waals surface area (Å²) in [5.41, 5.74) is 1.83. The molecule has 4 nitrogen and oxygen atoms in total. The molecule has 0 spiro atoms. The zero-order valence-electron chi connectivity index (χ0n) is 11.9. The highest BCUT2D eigenvalue weighted by Crippen LogP contribution is 2.16. The maximum Gasteiger partial charge on any atom is 0.322 e. The number of halogens is 1. The molecule has 0 atom stereocenters. The number of amides is 2. The van der Waals surface area contributed by atoms with Gasteiger partial charge in [0.2, 0.25) is 0 Å². The minimum absolute atomic E-state index is 0.144. The molecule has 0 bridgehead atoms. The molecule has 0 saturated carbocycles. The number of hydrogen-bond acceptors (Lipinski definition) is 1. The van der Waals surface area contributed by atoms with Gasteiger partial charge in [0.1, 0.15) is 0 Å². The van der Waals surface area contributed by atoms with Crippen LogP contribution in [-0.4, -0.2) is 22.0 Å². The zero-order chi connectivity index (χ0) is 15.2. The number of hydrogen-bond donors (Lipinski definition) is 1. The lowest BCUT2D eigenvalue weighted by molar-refractivity contribution is 0.214. The molecule has 0 aliphatic heterocycles. The number of aryl methyl sites for hydroxylation is 1. The van der Waals surface area contributed by atoms with Gasteiger partial charge in [-0.1, -0.05) is 28.1 Å². The van der Waals surface area contributed by atoms with Gasteiger partial charge in [-0.05, 0) is 30.3 Å². The second kappa shape index (κ2) is 7.13. The molecule has 2 rings (SSSR count). The fourth-order valence-electron chi connectivity index (χ4n) is 2.00. The van der Waals surface area contributed by atoms with Crippen LogP contribution in [0.2, 0.25) is 0 Å². The van der Waals surface area contributed by atoms with E-state index in [9.17, 15) is 4.79 Å². The summed E-state index contributed by atoms with van der Waals surface area (Å²) in [6, 6.07) is 11.4. The van der Waals surface area contributed by atoms with Gasteiger partial charge in [-0.2, -0.15) is 0 Å². The summed E-state index contributed by atoms with van der Waals surface area (Å²) in [7, 11) is 1.97. The first-order valence-electron chi connectivity index (χ1n) is 6.62. The van der Waals surface area contributed by atoms with Crippen molar-refractivity contribution in [1.29, 1.82) is 0 Å². The first-order chi connectivity index (χ1) is 10.1. The van der Waals surface area contributed by atoms with Gasteiger partial charge in [-0.3, -0.25) is 0 Å². The maximum absolute atomic E-state index is 12.4. The molecule has 5 heteroatoms.